The van der Waals surface area contributed by atoms with E-state index in [9.17, 15) is 8.42 Å². The molecule has 3 aromatic rings. The standard InChI is InChI=1S/C29H36N3O3S2/c1-30-27-15-6-7-16-28(27)36-29(30)17-10-12-24-18-20-31(26-14-5-4-13-25(24)26)19-11-22-32(2,3)21-8-9-23-37(33,34)35/h4-7,10,12-18,20H,8-9,11,19,21-23H2,1-3H3/q+1/p+1. The van der Waals surface area contributed by atoms with E-state index in [-0.39, 0.29) is 5.75 Å². The molecule has 1 aliphatic heterocycles. The molecule has 0 saturated carbocycles. The lowest BCUT2D eigenvalue weighted by atomic mass is 10.1. The molecule has 2 aromatic carbocycles. The van der Waals surface area contributed by atoms with E-state index in [4.69, 9.17) is 4.55 Å². The molecule has 1 N–H and O–H groups in total. The molecule has 2 heterocycles. The van der Waals surface area contributed by atoms with E-state index in [1.165, 1.54) is 32.1 Å². The predicted molar refractivity (Wildman–Crippen MR) is 154 cm³/mol. The number of benzene rings is 2. The molecule has 0 amide bonds. The van der Waals surface area contributed by atoms with Gasteiger partial charge in [-0.3, -0.25) is 4.55 Å². The molecular weight excluding hydrogens is 502 g/mol. The van der Waals surface area contributed by atoms with Crippen molar-refractivity contribution in [3.63, 3.8) is 0 Å². The van der Waals surface area contributed by atoms with Crippen LogP contribution in [-0.4, -0.2) is 57.4 Å². The zero-order valence-electron chi connectivity index (χ0n) is 21.9. The molecule has 4 rings (SSSR count). The van der Waals surface area contributed by atoms with Gasteiger partial charge in [0.15, 0.2) is 12.7 Å². The number of aryl methyl sites for hydroxylation is 1. The van der Waals surface area contributed by atoms with Crippen LogP contribution < -0.4 is 9.47 Å². The van der Waals surface area contributed by atoms with Gasteiger partial charge in [-0.05, 0) is 42.7 Å². The monoisotopic (exact) mass is 539 g/mol. The molecule has 0 fully saturated rings. The first-order valence-electron chi connectivity index (χ1n) is 12.7. The molecular formula is C29H37N3O3S2+2. The van der Waals surface area contributed by atoms with Gasteiger partial charge in [0.2, 0.25) is 5.52 Å². The van der Waals surface area contributed by atoms with E-state index in [0.717, 1.165) is 37.0 Å². The van der Waals surface area contributed by atoms with Gasteiger partial charge in [0.1, 0.15) is 0 Å². The van der Waals surface area contributed by atoms with Crippen LogP contribution in [0.4, 0.5) is 5.69 Å². The Bertz CT molecular complexity index is 1410. The highest BCUT2D eigenvalue weighted by Gasteiger charge is 2.21. The molecule has 0 saturated heterocycles. The van der Waals surface area contributed by atoms with Gasteiger partial charge in [-0.2, -0.15) is 13.0 Å². The van der Waals surface area contributed by atoms with Crippen molar-refractivity contribution in [3.8, 4) is 0 Å². The lowest BCUT2D eigenvalue weighted by Gasteiger charge is -2.29. The summed E-state index contributed by atoms with van der Waals surface area (Å²) in [5.41, 5.74) is 3.66. The highest BCUT2D eigenvalue weighted by molar-refractivity contribution is 8.03. The number of rotatable bonds is 11. The summed E-state index contributed by atoms with van der Waals surface area (Å²) in [6.07, 6.45) is 11.0. The molecule has 6 nitrogen and oxygen atoms in total. The fourth-order valence-electron chi connectivity index (χ4n) is 4.75. The Morgan fingerprint density at radius 3 is 2.51 bits per heavy atom. The predicted octanol–water partition coefficient (Wildman–Crippen LogP) is 5.36. The summed E-state index contributed by atoms with van der Waals surface area (Å²) in [6.45, 7) is 2.80. The molecule has 1 aliphatic rings. The first-order chi connectivity index (χ1) is 17.6. The van der Waals surface area contributed by atoms with Gasteiger partial charge in [0, 0.05) is 24.1 Å². The van der Waals surface area contributed by atoms with Crippen LogP contribution in [0.25, 0.3) is 17.0 Å². The van der Waals surface area contributed by atoms with Gasteiger partial charge in [-0.15, -0.1) is 0 Å². The Morgan fingerprint density at radius 2 is 1.73 bits per heavy atom. The third kappa shape index (κ3) is 7.45. The average molecular weight is 540 g/mol. The van der Waals surface area contributed by atoms with E-state index < -0.39 is 10.1 Å². The lowest BCUT2D eigenvalue weighted by Crippen LogP contribution is -2.44. The van der Waals surface area contributed by atoms with Crippen molar-refractivity contribution in [2.75, 3.05) is 44.9 Å². The molecule has 1 aromatic heterocycles. The summed E-state index contributed by atoms with van der Waals surface area (Å²) in [4.78, 5) is 3.52. The van der Waals surface area contributed by atoms with Crippen LogP contribution >= 0.6 is 11.8 Å². The highest BCUT2D eigenvalue weighted by atomic mass is 32.2. The number of hydrogen-bond donors (Lipinski definition) is 1. The van der Waals surface area contributed by atoms with Crippen molar-refractivity contribution in [3.05, 3.63) is 83.5 Å². The Kier molecular flexibility index (Phi) is 8.75. The third-order valence-electron chi connectivity index (χ3n) is 6.82. The van der Waals surface area contributed by atoms with E-state index >= 15 is 0 Å². The van der Waals surface area contributed by atoms with Crippen molar-refractivity contribution in [2.45, 2.75) is 30.7 Å². The Balaban J connectivity index is 1.39. The fourth-order valence-corrected chi connectivity index (χ4v) is 6.39. The summed E-state index contributed by atoms with van der Waals surface area (Å²) in [7, 11) is 2.60. The fraction of sp³-hybridized carbons (Fsp3) is 0.345. The maximum atomic E-state index is 10.9. The lowest BCUT2D eigenvalue weighted by molar-refractivity contribution is -0.892. The van der Waals surface area contributed by atoms with E-state index in [1.807, 2.05) is 0 Å². The number of aromatic nitrogens is 1. The van der Waals surface area contributed by atoms with Crippen LogP contribution in [0.2, 0.25) is 0 Å². The highest BCUT2D eigenvalue weighted by Crippen LogP contribution is 2.44. The number of quaternary nitrogens is 1. The number of unbranched alkanes of at least 4 members (excludes halogenated alkanes) is 1. The number of allylic oxidation sites excluding steroid dienone is 2. The van der Waals surface area contributed by atoms with Crippen LogP contribution in [0.5, 0.6) is 0 Å². The minimum absolute atomic E-state index is 0.157. The van der Waals surface area contributed by atoms with Crippen LogP contribution in [-0.2, 0) is 16.7 Å². The van der Waals surface area contributed by atoms with Gasteiger partial charge >= 0.3 is 0 Å². The summed E-state index contributed by atoms with van der Waals surface area (Å²) < 4.78 is 33.9. The molecule has 0 bridgehead atoms. The summed E-state index contributed by atoms with van der Waals surface area (Å²) >= 11 is 1.80. The second-order valence-electron chi connectivity index (χ2n) is 10.2. The van der Waals surface area contributed by atoms with Gasteiger partial charge in [0.05, 0.1) is 55.5 Å². The smallest absolute Gasteiger partial charge is 0.264 e. The zero-order chi connectivity index (χ0) is 26.5. The van der Waals surface area contributed by atoms with E-state index in [0.29, 0.717) is 6.42 Å². The topological polar surface area (TPSA) is 61.5 Å². The number of para-hydroxylation sites is 2. The second-order valence-corrected chi connectivity index (χ2v) is 12.8. The molecule has 8 heteroatoms. The Labute approximate surface area is 225 Å². The molecule has 0 atom stereocenters. The SMILES string of the molecule is CN1C(=CC=Cc2cc[n+](CCC[N+](C)(C)CCCCS(=O)(=O)O)c3ccccc23)Sc2ccccc21. The third-order valence-corrected chi connectivity index (χ3v) is 8.81. The van der Waals surface area contributed by atoms with Crippen molar-refractivity contribution >= 4 is 44.5 Å². The quantitative estimate of drug-likeness (QED) is 0.154. The van der Waals surface area contributed by atoms with E-state index in [1.54, 1.807) is 11.8 Å². The first-order valence-corrected chi connectivity index (χ1v) is 15.1. The van der Waals surface area contributed by atoms with Crippen LogP contribution in [0.3, 0.4) is 0 Å². The Hall–Kier alpha value is -2.65. The van der Waals surface area contributed by atoms with Crippen molar-refractivity contribution in [1.82, 2.24) is 0 Å². The summed E-state index contributed by atoms with van der Waals surface area (Å²) in [6, 6.07) is 19.2. The molecule has 0 spiro atoms. The minimum Gasteiger partial charge on any atom is -0.338 e. The van der Waals surface area contributed by atoms with E-state index in [2.05, 4.69) is 110 Å². The van der Waals surface area contributed by atoms with Crippen LogP contribution in [0.15, 0.2) is 82.9 Å². The maximum Gasteiger partial charge on any atom is 0.264 e. The zero-order valence-corrected chi connectivity index (χ0v) is 23.5. The largest absolute Gasteiger partial charge is 0.338 e. The number of nitrogens with zero attached hydrogens (tertiary/aromatic N) is 3. The van der Waals surface area contributed by atoms with Crippen molar-refractivity contribution in [1.29, 1.82) is 0 Å². The molecule has 196 valence electrons. The summed E-state index contributed by atoms with van der Waals surface area (Å²) in [5.74, 6) is -0.157. The van der Waals surface area contributed by atoms with Crippen molar-refractivity contribution < 1.29 is 22.0 Å². The van der Waals surface area contributed by atoms with Crippen molar-refractivity contribution in [2.24, 2.45) is 0 Å². The van der Waals surface area contributed by atoms with Gasteiger partial charge in [-0.25, -0.2) is 0 Å². The average Bonchev–Trinajstić information content (AvgIpc) is 3.18. The number of anilines is 1. The molecule has 0 unspecified atom stereocenters. The normalized spacial score (nSPS) is 15.2. The minimum atomic E-state index is -3.86. The molecule has 0 radical (unpaired) electrons. The molecule has 0 aliphatic carbocycles. The molecule has 37 heavy (non-hydrogen) atoms. The van der Waals surface area contributed by atoms with Gasteiger partial charge in [0.25, 0.3) is 10.1 Å². The van der Waals surface area contributed by atoms with Crippen LogP contribution in [0.1, 0.15) is 24.8 Å². The first kappa shape index (κ1) is 27.4. The van der Waals surface area contributed by atoms with Crippen LogP contribution in [0, 0.1) is 0 Å². The number of fused-ring (bicyclic) bond motifs is 2. The second kappa shape index (κ2) is 11.8. The summed E-state index contributed by atoms with van der Waals surface area (Å²) in [5, 5.41) is 2.45. The number of pyridine rings is 1. The number of thioether (sulfide) groups is 1. The van der Waals surface area contributed by atoms with Gasteiger partial charge in [-0.1, -0.05) is 48.2 Å². The van der Waals surface area contributed by atoms with Gasteiger partial charge < -0.3 is 9.38 Å². The number of hydrogen-bond acceptors (Lipinski definition) is 4. The maximum absolute atomic E-state index is 10.9. The Morgan fingerprint density at radius 1 is 1.00 bits per heavy atom.